The summed E-state index contributed by atoms with van der Waals surface area (Å²) in [4.78, 5) is 8.70. The molecule has 0 radical (unpaired) electrons. The first kappa shape index (κ1) is 13.8. The average Bonchev–Trinajstić information content (AvgIpc) is 3.12. The molecule has 0 N–H and O–H groups in total. The van der Waals surface area contributed by atoms with Crippen LogP contribution < -0.4 is 0 Å². The van der Waals surface area contributed by atoms with E-state index in [1.807, 2.05) is 6.07 Å². The Morgan fingerprint density at radius 1 is 1.41 bits per heavy atom. The van der Waals surface area contributed by atoms with Gasteiger partial charge in [0, 0.05) is 24.2 Å². The molecule has 4 rings (SSSR count). The molecule has 0 spiro atoms. The average molecular weight is 332 g/mol. The third kappa shape index (κ3) is 1.83. The van der Waals surface area contributed by atoms with Crippen molar-refractivity contribution in [3.05, 3.63) is 40.1 Å². The molecule has 0 aliphatic carbocycles. The van der Waals surface area contributed by atoms with Crippen LogP contribution in [-0.2, 0) is 16.4 Å². The summed E-state index contributed by atoms with van der Waals surface area (Å²) in [6.07, 6.45) is 5.42. The first-order valence-corrected chi connectivity index (χ1v) is 9.25. The fourth-order valence-electron chi connectivity index (χ4n) is 3.44. The second kappa shape index (κ2) is 4.84. The molecule has 2 bridgehead atoms. The van der Waals surface area contributed by atoms with E-state index in [0.29, 0.717) is 6.42 Å². The Morgan fingerprint density at radius 3 is 3.09 bits per heavy atom. The minimum absolute atomic E-state index is 0.0798. The molecule has 22 heavy (non-hydrogen) atoms. The van der Waals surface area contributed by atoms with Gasteiger partial charge in [0.1, 0.15) is 22.2 Å². The second-order valence-corrected chi connectivity index (χ2v) is 8.16. The third-order valence-corrected chi connectivity index (χ3v) is 7.29. The monoisotopic (exact) mass is 332 g/mol. The summed E-state index contributed by atoms with van der Waals surface area (Å²) in [6.45, 7) is 0. The molecule has 112 valence electrons. The smallest absolute Gasteiger partial charge is 0.244 e. The molecule has 1 fully saturated rings. The summed E-state index contributed by atoms with van der Waals surface area (Å²) in [7, 11) is -3.67. The van der Waals surface area contributed by atoms with Gasteiger partial charge >= 0.3 is 0 Å². The number of hydrogen-bond donors (Lipinski definition) is 0. The van der Waals surface area contributed by atoms with Crippen LogP contribution in [0.2, 0.25) is 0 Å². The van der Waals surface area contributed by atoms with Crippen molar-refractivity contribution >= 4 is 21.4 Å². The van der Waals surface area contributed by atoms with Crippen LogP contribution in [0.5, 0.6) is 0 Å². The molecule has 0 aromatic carbocycles. The normalized spacial score (nSPS) is 24.0. The maximum Gasteiger partial charge on any atom is 0.246 e. The van der Waals surface area contributed by atoms with Gasteiger partial charge in [-0.15, -0.1) is 11.3 Å². The topological polar surface area (TPSA) is 87.0 Å². The van der Waals surface area contributed by atoms with Crippen LogP contribution in [0.1, 0.15) is 35.0 Å². The molecule has 8 heteroatoms. The number of aromatic nitrogens is 2. The van der Waals surface area contributed by atoms with Crippen molar-refractivity contribution in [2.45, 2.75) is 36.2 Å². The maximum atomic E-state index is 13.0. The summed E-state index contributed by atoms with van der Waals surface area (Å²) in [6, 6.07) is 3.20. The summed E-state index contributed by atoms with van der Waals surface area (Å²) in [5.74, 6) is 0. The van der Waals surface area contributed by atoms with Crippen molar-refractivity contribution in [3.8, 4) is 6.07 Å². The Bertz CT molecular complexity index is 884. The van der Waals surface area contributed by atoms with Gasteiger partial charge in [-0.25, -0.2) is 18.4 Å². The van der Waals surface area contributed by atoms with Gasteiger partial charge in [0.15, 0.2) is 0 Å². The van der Waals surface area contributed by atoms with E-state index in [1.54, 1.807) is 15.9 Å². The standard InChI is InChI=1S/C14H12N4O2S2/c15-6-13-14(3-4-21-13)22(19,20)18-9-1-2-12(18)10-7-16-8-17-11(10)5-9/h3-4,7-9,12H,1-2,5H2. The van der Waals surface area contributed by atoms with Crippen molar-refractivity contribution in [1.82, 2.24) is 14.3 Å². The van der Waals surface area contributed by atoms with Crippen LogP contribution in [0.3, 0.4) is 0 Å². The highest BCUT2D eigenvalue weighted by molar-refractivity contribution is 7.89. The van der Waals surface area contributed by atoms with Gasteiger partial charge in [-0.2, -0.15) is 9.57 Å². The van der Waals surface area contributed by atoms with Gasteiger partial charge in [0.25, 0.3) is 0 Å². The molecule has 4 heterocycles. The van der Waals surface area contributed by atoms with Gasteiger partial charge in [-0.3, -0.25) is 0 Å². The molecule has 6 nitrogen and oxygen atoms in total. The molecule has 2 aliphatic rings. The number of fused-ring (bicyclic) bond motifs is 4. The van der Waals surface area contributed by atoms with Crippen molar-refractivity contribution < 1.29 is 8.42 Å². The Morgan fingerprint density at radius 2 is 2.27 bits per heavy atom. The predicted octanol–water partition coefficient (Wildman–Crippen LogP) is 1.86. The third-order valence-electron chi connectivity index (χ3n) is 4.34. The molecule has 1 saturated heterocycles. The van der Waals surface area contributed by atoms with Gasteiger partial charge < -0.3 is 0 Å². The second-order valence-electron chi connectivity index (χ2n) is 5.44. The van der Waals surface area contributed by atoms with Crippen molar-refractivity contribution in [2.75, 3.05) is 0 Å². The minimum atomic E-state index is -3.67. The van der Waals surface area contributed by atoms with E-state index in [-0.39, 0.29) is 21.9 Å². The van der Waals surface area contributed by atoms with Crippen LogP contribution in [0.15, 0.2) is 28.9 Å². The lowest BCUT2D eigenvalue weighted by molar-refractivity contribution is 0.300. The lowest BCUT2D eigenvalue weighted by Crippen LogP contribution is -2.42. The number of nitriles is 1. The zero-order valence-corrected chi connectivity index (χ0v) is 13.1. The highest BCUT2D eigenvalue weighted by Gasteiger charge is 2.48. The largest absolute Gasteiger partial charge is 0.246 e. The summed E-state index contributed by atoms with van der Waals surface area (Å²) >= 11 is 1.16. The summed E-state index contributed by atoms with van der Waals surface area (Å²) in [5.41, 5.74) is 1.84. The van der Waals surface area contributed by atoms with Gasteiger partial charge in [-0.1, -0.05) is 0 Å². The van der Waals surface area contributed by atoms with Crippen molar-refractivity contribution in [1.29, 1.82) is 5.26 Å². The summed E-state index contributed by atoms with van der Waals surface area (Å²) < 4.78 is 27.6. The van der Waals surface area contributed by atoms with Crippen molar-refractivity contribution in [3.63, 3.8) is 0 Å². The van der Waals surface area contributed by atoms with Crippen LogP contribution >= 0.6 is 11.3 Å². The minimum Gasteiger partial charge on any atom is -0.244 e. The van der Waals surface area contributed by atoms with E-state index >= 15 is 0 Å². The SMILES string of the molecule is N#Cc1sccc1S(=O)(=O)N1C2CCC1c1cncnc1C2. The van der Waals surface area contributed by atoms with Crippen LogP contribution in [-0.4, -0.2) is 28.7 Å². The molecule has 2 unspecified atom stereocenters. The maximum absolute atomic E-state index is 13.0. The van der Waals surface area contributed by atoms with E-state index in [0.717, 1.165) is 35.4 Å². The number of thiophene rings is 1. The molecule has 0 saturated carbocycles. The Kier molecular flexibility index (Phi) is 3.04. The first-order chi connectivity index (χ1) is 10.6. The van der Waals surface area contributed by atoms with E-state index in [2.05, 4.69) is 9.97 Å². The molecule has 2 atom stereocenters. The molecule has 2 aromatic heterocycles. The number of hydrogen-bond acceptors (Lipinski definition) is 6. The van der Waals surface area contributed by atoms with Crippen LogP contribution in [0.25, 0.3) is 0 Å². The fraction of sp³-hybridized carbons (Fsp3) is 0.357. The molecule has 2 aromatic rings. The van der Waals surface area contributed by atoms with Gasteiger partial charge in [0.05, 0.1) is 11.7 Å². The van der Waals surface area contributed by atoms with Gasteiger partial charge in [0.2, 0.25) is 10.0 Å². The Hall–Kier alpha value is -1.82. The van der Waals surface area contributed by atoms with E-state index < -0.39 is 10.0 Å². The molecular weight excluding hydrogens is 320 g/mol. The lowest BCUT2D eigenvalue weighted by Gasteiger charge is -2.34. The quantitative estimate of drug-likeness (QED) is 0.838. The highest BCUT2D eigenvalue weighted by atomic mass is 32.2. The van der Waals surface area contributed by atoms with Gasteiger partial charge in [-0.05, 0) is 24.3 Å². The highest BCUT2D eigenvalue weighted by Crippen LogP contribution is 2.46. The van der Waals surface area contributed by atoms with E-state index in [4.69, 9.17) is 5.26 Å². The number of rotatable bonds is 2. The van der Waals surface area contributed by atoms with Crippen LogP contribution in [0, 0.1) is 11.3 Å². The molecule has 2 aliphatic heterocycles. The van der Waals surface area contributed by atoms with Crippen molar-refractivity contribution in [2.24, 2.45) is 0 Å². The zero-order valence-electron chi connectivity index (χ0n) is 11.5. The molecule has 0 amide bonds. The summed E-state index contributed by atoms with van der Waals surface area (Å²) in [5, 5.41) is 10.8. The molecular formula is C14H12N4O2S2. The Labute approximate surface area is 132 Å². The number of sulfonamides is 1. The first-order valence-electron chi connectivity index (χ1n) is 6.93. The lowest BCUT2D eigenvalue weighted by atomic mass is 10.0. The van der Waals surface area contributed by atoms with E-state index in [9.17, 15) is 8.42 Å². The zero-order chi connectivity index (χ0) is 15.3. The Balaban J connectivity index is 1.83. The van der Waals surface area contributed by atoms with E-state index in [1.165, 1.54) is 12.4 Å². The predicted molar refractivity (Wildman–Crippen MR) is 79.6 cm³/mol. The van der Waals surface area contributed by atoms with Crippen LogP contribution in [0.4, 0.5) is 0 Å². The number of nitrogens with zero attached hydrogens (tertiary/aromatic N) is 4. The fourth-order valence-corrected chi connectivity index (χ4v) is 6.44.